The fourth-order valence-electron chi connectivity index (χ4n) is 2.82. The van der Waals surface area contributed by atoms with Crippen molar-refractivity contribution < 1.29 is 0 Å². The summed E-state index contributed by atoms with van der Waals surface area (Å²) in [4.78, 5) is 6.94. The molecule has 1 unspecified atom stereocenters. The summed E-state index contributed by atoms with van der Waals surface area (Å²) in [5, 5.41) is 12.6. The first kappa shape index (κ1) is 10.6. The molecule has 0 amide bonds. The normalized spacial score (nSPS) is 24.1. The number of likely N-dealkylation sites (tertiary alicyclic amines) is 1. The van der Waals surface area contributed by atoms with E-state index in [0.717, 1.165) is 56.4 Å². The van der Waals surface area contributed by atoms with Crippen LogP contribution < -0.4 is 5.32 Å². The van der Waals surface area contributed by atoms with Crippen LogP contribution in [0.2, 0.25) is 0 Å². The van der Waals surface area contributed by atoms with Gasteiger partial charge in [0.2, 0.25) is 5.95 Å². The zero-order valence-electron chi connectivity index (χ0n) is 10.1. The summed E-state index contributed by atoms with van der Waals surface area (Å²) < 4.78 is 2.04. The maximum absolute atomic E-state index is 9.34. The van der Waals surface area contributed by atoms with Crippen LogP contribution in [0.1, 0.15) is 30.1 Å². The van der Waals surface area contributed by atoms with Gasteiger partial charge in [0, 0.05) is 25.6 Å². The van der Waals surface area contributed by atoms with Gasteiger partial charge in [-0.2, -0.15) is 5.26 Å². The van der Waals surface area contributed by atoms with E-state index >= 15 is 0 Å². The molecule has 0 saturated carbocycles. The molecular weight excluding hydrogens is 214 g/mol. The molecule has 90 valence electrons. The molecular formula is C12H17N5. The molecule has 5 nitrogen and oxygen atoms in total. The number of hydrogen-bond acceptors (Lipinski definition) is 4. The lowest BCUT2D eigenvalue weighted by Gasteiger charge is -2.15. The van der Waals surface area contributed by atoms with Gasteiger partial charge in [0.1, 0.15) is 11.8 Å². The summed E-state index contributed by atoms with van der Waals surface area (Å²) in [6.45, 7) is 4.00. The topological polar surface area (TPSA) is 56.9 Å². The molecule has 0 spiro atoms. The highest BCUT2D eigenvalue weighted by Crippen LogP contribution is 2.31. The Bertz CT molecular complexity index is 470. The number of rotatable bonds is 1. The number of nitriles is 1. The third kappa shape index (κ3) is 1.69. The fraction of sp³-hybridized carbons (Fsp3) is 0.667. The molecule has 0 bridgehead atoms. The number of anilines is 1. The largest absolute Gasteiger partial charge is 0.356 e. The second-order valence-electron chi connectivity index (χ2n) is 4.96. The van der Waals surface area contributed by atoms with Gasteiger partial charge in [-0.25, -0.2) is 4.98 Å². The smallest absolute Gasteiger partial charge is 0.204 e. The zero-order chi connectivity index (χ0) is 11.8. The summed E-state index contributed by atoms with van der Waals surface area (Å²) >= 11 is 0. The van der Waals surface area contributed by atoms with Crippen molar-refractivity contribution in [2.75, 3.05) is 32.0 Å². The van der Waals surface area contributed by atoms with E-state index in [1.165, 1.54) is 0 Å². The minimum absolute atomic E-state index is 0.426. The van der Waals surface area contributed by atoms with Crippen molar-refractivity contribution in [3.8, 4) is 6.07 Å². The van der Waals surface area contributed by atoms with Gasteiger partial charge in [0.15, 0.2) is 0 Å². The summed E-state index contributed by atoms with van der Waals surface area (Å²) in [6, 6.07) is 2.34. The minimum atomic E-state index is 0.426. The summed E-state index contributed by atoms with van der Waals surface area (Å²) in [5.74, 6) is 1.31. The Hall–Kier alpha value is -1.54. The van der Waals surface area contributed by atoms with Crippen LogP contribution in [0.15, 0.2) is 0 Å². The van der Waals surface area contributed by atoms with Crippen molar-refractivity contribution in [2.45, 2.75) is 25.3 Å². The van der Waals surface area contributed by atoms with Gasteiger partial charge in [-0.05, 0) is 26.4 Å². The van der Waals surface area contributed by atoms with Crippen LogP contribution in [-0.2, 0) is 6.54 Å². The van der Waals surface area contributed by atoms with Crippen LogP contribution in [0.25, 0.3) is 0 Å². The maximum atomic E-state index is 9.34. The molecule has 1 atom stereocenters. The van der Waals surface area contributed by atoms with Gasteiger partial charge >= 0.3 is 0 Å². The van der Waals surface area contributed by atoms with Gasteiger partial charge in [-0.1, -0.05) is 0 Å². The van der Waals surface area contributed by atoms with E-state index in [1.54, 1.807) is 0 Å². The predicted octanol–water partition coefficient (Wildman–Crippen LogP) is 0.989. The first-order valence-electron chi connectivity index (χ1n) is 6.22. The van der Waals surface area contributed by atoms with Crippen LogP contribution >= 0.6 is 0 Å². The zero-order valence-corrected chi connectivity index (χ0v) is 10.1. The lowest BCUT2D eigenvalue weighted by molar-refractivity contribution is 0.410. The van der Waals surface area contributed by atoms with Crippen molar-refractivity contribution in [3.05, 3.63) is 11.4 Å². The van der Waals surface area contributed by atoms with Crippen molar-refractivity contribution in [3.63, 3.8) is 0 Å². The van der Waals surface area contributed by atoms with Gasteiger partial charge in [-0.3, -0.25) is 0 Å². The van der Waals surface area contributed by atoms with Crippen LogP contribution in [0, 0.1) is 11.3 Å². The highest BCUT2D eigenvalue weighted by Gasteiger charge is 2.29. The van der Waals surface area contributed by atoms with E-state index < -0.39 is 0 Å². The first-order valence-corrected chi connectivity index (χ1v) is 6.22. The molecule has 1 N–H and O–H groups in total. The standard InChI is InChI=1S/C12H17N5/c1-16-6-3-9(8-16)11-10(7-13)17-5-2-4-14-12(17)15-11/h9H,2-6,8H2,1H3,(H,14,15). The van der Waals surface area contributed by atoms with Gasteiger partial charge in [0.05, 0.1) is 5.69 Å². The molecule has 0 radical (unpaired) electrons. The Morgan fingerprint density at radius 3 is 3.06 bits per heavy atom. The highest BCUT2D eigenvalue weighted by molar-refractivity contribution is 5.43. The number of hydrogen-bond donors (Lipinski definition) is 1. The van der Waals surface area contributed by atoms with E-state index in [4.69, 9.17) is 0 Å². The Balaban J connectivity index is 1.99. The first-order chi connectivity index (χ1) is 8.29. The van der Waals surface area contributed by atoms with E-state index in [2.05, 4.69) is 28.3 Å². The average molecular weight is 231 g/mol. The SMILES string of the molecule is CN1CCC(c2nc3n(c2C#N)CCCN3)C1. The van der Waals surface area contributed by atoms with Crippen molar-refractivity contribution >= 4 is 5.95 Å². The molecule has 0 aliphatic carbocycles. The van der Waals surface area contributed by atoms with Crippen LogP contribution in [0.5, 0.6) is 0 Å². The molecule has 2 aliphatic heterocycles. The number of nitrogens with one attached hydrogen (secondary N) is 1. The average Bonchev–Trinajstić information content (AvgIpc) is 2.91. The van der Waals surface area contributed by atoms with Gasteiger partial charge < -0.3 is 14.8 Å². The number of fused-ring (bicyclic) bond motifs is 1. The molecule has 0 aromatic carbocycles. The number of imidazole rings is 1. The molecule has 5 heteroatoms. The summed E-state index contributed by atoms with van der Waals surface area (Å²) in [7, 11) is 2.13. The fourth-order valence-corrected chi connectivity index (χ4v) is 2.82. The van der Waals surface area contributed by atoms with Crippen LogP contribution in [-0.4, -0.2) is 41.1 Å². The third-order valence-electron chi connectivity index (χ3n) is 3.72. The molecule has 3 rings (SSSR count). The number of nitrogens with zero attached hydrogens (tertiary/aromatic N) is 4. The summed E-state index contributed by atoms with van der Waals surface area (Å²) in [5.41, 5.74) is 1.77. The molecule has 1 saturated heterocycles. The second-order valence-corrected chi connectivity index (χ2v) is 4.96. The van der Waals surface area contributed by atoms with Crippen LogP contribution in [0.3, 0.4) is 0 Å². The van der Waals surface area contributed by atoms with E-state index in [9.17, 15) is 5.26 Å². The lowest BCUT2D eigenvalue weighted by atomic mass is 10.0. The summed E-state index contributed by atoms with van der Waals surface area (Å²) in [6.07, 6.45) is 2.18. The van der Waals surface area contributed by atoms with E-state index in [1.807, 2.05) is 4.57 Å². The van der Waals surface area contributed by atoms with Crippen molar-refractivity contribution in [1.82, 2.24) is 14.5 Å². The molecule has 2 aliphatic rings. The Morgan fingerprint density at radius 2 is 2.35 bits per heavy atom. The van der Waals surface area contributed by atoms with E-state index in [-0.39, 0.29) is 0 Å². The monoisotopic (exact) mass is 231 g/mol. The number of aromatic nitrogens is 2. The number of likely N-dealkylation sites (N-methyl/N-ethyl adjacent to an activating group) is 1. The Labute approximate surface area is 101 Å². The van der Waals surface area contributed by atoms with Gasteiger partial charge in [-0.15, -0.1) is 0 Å². The Morgan fingerprint density at radius 1 is 1.47 bits per heavy atom. The van der Waals surface area contributed by atoms with Crippen molar-refractivity contribution in [1.29, 1.82) is 5.26 Å². The van der Waals surface area contributed by atoms with Crippen LogP contribution in [0.4, 0.5) is 5.95 Å². The van der Waals surface area contributed by atoms with Gasteiger partial charge in [0.25, 0.3) is 0 Å². The molecule has 1 aromatic rings. The van der Waals surface area contributed by atoms with Crippen molar-refractivity contribution in [2.24, 2.45) is 0 Å². The molecule has 1 fully saturated rings. The van der Waals surface area contributed by atoms with E-state index in [0.29, 0.717) is 5.92 Å². The predicted molar refractivity (Wildman–Crippen MR) is 64.9 cm³/mol. The quantitative estimate of drug-likeness (QED) is 0.783. The molecule has 1 aromatic heterocycles. The highest BCUT2D eigenvalue weighted by atomic mass is 15.2. The lowest BCUT2D eigenvalue weighted by Crippen LogP contribution is -2.18. The second kappa shape index (κ2) is 4.04. The third-order valence-corrected chi connectivity index (χ3v) is 3.72. The maximum Gasteiger partial charge on any atom is 0.204 e. The Kier molecular flexibility index (Phi) is 2.52. The molecule has 17 heavy (non-hydrogen) atoms. The minimum Gasteiger partial charge on any atom is -0.356 e. The molecule has 3 heterocycles.